The minimum atomic E-state index is -0.283. The Kier molecular flexibility index (Phi) is 1.89. The van der Waals surface area contributed by atoms with Crippen molar-refractivity contribution in [2.24, 2.45) is 5.73 Å². The van der Waals surface area contributed by atoms with Crippen molar-refractivity contribution in [3.8, 4) is 0 Å². The van der Waals surface area contributed by atoms with E-state index < -0.39 is 0 Å². The van der Waals surface area contributed by atoms with E-state index in [1.54, 1.807) is 11.3 Å². The Bertz CT molecular complexity index is 298. The van der Waals surface area contributed by atoms with E-state index in [1.165, 1.54) is 23.3 Å². The number of amides is 1. The predicted molar refractivity (Wildman–Crippen MR) is 51.6 cm³/mol. The number of hydrogen-bond donors (Lipinski definition) is 1. The first kappa shape index (κ1) is 7.80. The monoisotopic (exact) mass is 183 g/mol. The first-order chi connectivity index (χ1) is 5.77. The van der Waals surface area contributed by atoms with Crippen molar-refractivity contribution in [3.05, 3.63) is 21.4 Å². The number of aryl methyl sites for hydroxylation is 2. The lowest BCUT2D eigenvalue weighted by Crippen LogP contribution is -2.08. The molecule has 1 aliphatic rings. The Morgan fingerprint density at radius 1 is 1.50 bits per heavy atom. The molecule has 2 rings (SSSR count). The van der Waals surface area contributed by atoms with Crippen molar-refractivity contribution >= 4 is 17.2 Å². The summed E-state index contributed by atoms with van der Waals surface area (Å²) >= 11 is 1.57. The van der Waals surface area contributed by atoms with E-state index in [4.69, 9.17) is 5.73 Å². The molecule has 0 saturated heterocycles. The van der Waals surface area contributed by atoms with E-state index in [-0.39, 0.29) is 7.33 Å². The van der Waals surface area contributed by atoms with E-state index in [0.717, 1.165) is 17.7 Å². The lowest BCUT2D eigenvalue weighted by molar-refractivity contribution is 0.100. The smallest absolute Gasteiger partial charge is 0.258 e. The van der Waals surface area contributed by atoms with Gasteiger partial charge in [0.25, 0.3) is 5.91 Å². The van der Waals surface area contributed by atoms with Crippen LogP contribution in [-0.2, 0) is 12.8 Å². The maximum atomic E-state index is 10.9. The molecule has 1 amide bonds. The number of carbonyl (C=O) groups excluding carboxylic acids is 1. The zero-order valence-corrected chi connectivity index (χ0v) is 7.62. The molecular weight excluding hydrogens is 170 g/mol. The zero-order valence-electron chi connectivity index (χ0n) is 6.80. The van der Waals surface area contributed by atoms with Gasteiger partial charge in [0.05, 0.1) is 4.88 Å². The second-order valence-corrected chi connectivity index (χ2v) is 4.27. The molecule has 2 nitrogen and oxygen atoms in total. The maximum absolute atomic E-state index is 10.9. The highest BCUT2D eigenvalue weighted by atomic mass is 32.1. The summed E-state index contributed by atoms with van der Waals surface area (Å²) in [4.78, 5) is 12.9. The number of hydrogen-bond acceptors (Lipinski definition) is 2. The van der Waals surface area contributed by atoms with E-state index in [2.05, 4.69) is 0 Å². The molecule has 1 aromatic rings. The van der Waals surface area contributed by atoms with Crippen LogP contribution in [0.1, 0.15) is 34.4 Å². The summed E-state index contributed by atoms with van der Waals surface area (Å²) in [7, 11) is 0. The second kappa shape index (κ2) is 2.90. The van der Waals surface area contributed by atoms with Crippen LogP contribution in [0.5, 0.6) is 0 Å². The normalized spacial score (nSPS) is 15.7. The lowest BCUT2D eigenvalue weighted by Gasteiger charge is -2.08. The molecule has 1 aliphatic carbocycles. The first-order valence-corrected chi connectivity index (χ1v) is 5.00. The van der Waals surface area contributed by atoms with Gasteiger partial charge in [-0.05, 0) is 37.3 Å². The van der Waals surface area contributed by atoms with E-state index in [9.17, 15) is 4.79 Å². The van der Waals surface area contributed by atoms with Crippen LogP contribution in [0.3, 0.4) is 0 Å². The molecule has 0 bridgehead atoms. The topological polar surface area (TPSA) is 43.1 Å². The molecule has 0 atom stereocenters. The molecule has 0 saturated carbocycles. The zero-order chi connectivity index (χ0) is 8.55. The molecule has 0 aliphatic heterocycles. The summed E-state index contributed by atoms with van der Waals surface area (Å²) in [6, 6.07) is 1.96. The van der Waals surface area contributed by atoms with Gasteiger partial charge in [-0.3, -0.25) is 4.79 Å². The van der Waals surface area contributed by atoms with Gasteiger partial charge in [0.15, 0.2) is 0 Å². The fourth-order valence-corrected chi connectivity index (χ4v) is 2.72. The number of primary amides is 1. The van der Waals surface area contributed by atoms with Crippen molar-refractivity contribution in [1.29, 1.82) is 0 Å². The first-order valence-electron chi connectivity index (χ1n) is 4.19. The summed E-state index contributed by atoms with van der Waals surface area (Å²) < 4.78 is 0. The van der Waals surface area contributed by atoms with Crippen molar-refractivity contribution < 1.29 is 6.22 Å². The summed E-state index contributed by atoms with van der Waals surface area (Å²) in [5, 5.41) is 0. The van der Waals surface area contributed by atoms with Gasteiger partial charge in [-0.25, -0.2) is 0 Å². The predicted octanol–water partition coefficient (Wildman–Crippen LogP) is 1.97. The van der Waals surface area contributed by atoms with Crippen molar-refractivity contribution in [2.45, 2.75) is 25.7 Å². The molecule has 3 heteroatoms. The molecule has 66 valence electrons. The van der Waals surface area contributed by atoms with Gasteiger partial charge in [-0.2, -0.15) is 0 Å². The molecule has 1 aromatic heterocycles. The van der Waals surface area contributed by atoms with Gasteiger partial charge in [0, 0.05) is 6.30 Å². The minimum absolute atomic E-state index is 0. The van der Waals surface area contributed by atoms with Gasteiger partial charge < -0.3 is 5.73 Å². The Morgan fingerprint density at radius 2 is 2.25 bits per heavy atom. The molecule has 12 heavy (non-hydrogen) atoms. The molecule has 0 radical (unpaired) electrons. The van der Waals surface area contributed by atoms with E-state index >= 15 is 0 Å². The fraction of sp³-hybridized carbons (Fsp3) is 0.444. The molecule has 1 heterocycles. The molecule has 2 N–H and O–H groups in total. The van der Waals surface area contributed by atoms with E-state index in [0.29, 0.717) is 0 Å². The highest BCUT2D eigenvalue weighted by Gasteiger charge is 2.14. The average Bonchev–Trinajstić information content (AvgIpc) is 2.46. The van der Waals surface area contributed by atoms with Crippen molar-refractivity contribution in [3.63, 3.8) is 0 Å². The van der Waals surface area contributed by atoms with Gasteiger partial charge in [-0.1, -0.05) is 0 Å². The Labute approximate surface area is 76.9 Å². The van der Waals surface area contributed by atoms with Crippen molar-refractivity contribution in [2.75, 3.05) is 0 Å². The van der Waals surface area contributed by atoms with Crippen LogP contribution in [0.15, 0.2) is 6.07 Å². The van der Waals surface area contributed by atoms with Crippen LogP contribution in [0.2, 0.25) is 0 Å². The molecule has 0 spiro atoms. The number of rotatable bonds is 1. The van der Waals surface area contributed by atoms with Gasteiger partial charge in [-0.15, -0.1) is 11.3 Å². The Balaban J connectivity index is 0.000000845. The van der Waals surface area contributed by atoms with Gasteiger partial charge >= 0.3 is 0 Å². The number of nitrogens with two attached hydrogens (primary N) is 1. The van der Waals surface area contributed by atoms with Crippen LogP contribution in [0, 0.1) is 0 Å². The summed E-state index contributed by atoms with van der Waals surface area (Å²) in [5.41, 5.74) is 6.54. The standard InChI is InChI=1S/C9H11NOS.H2/c10-9(11)8-5-6-3-1-2-4-7(6)12-8;/h5H,1-4H2,(H2,10,11);1H. The minimum Gasteiger partial charge on any atom is -0.365 e. The van der Waals surface area contributed by atoms with E-state index in [1.807, 2.05) is 6.07 Å². The molecule has 0 fully saturated rings. The quantitative estimate of drug-likeness (QED) is 0.710. The maximum Gasteiger partial charge on any atom is 0.258 e. The van der Waals surface area contributed by atoms with Gasteiger partial charge in [0.2, 0.25) is 0 Å². The average molecular weight is 183 g/mol. The molecule has 0 unspecified atom stereocenters. The van der Waals surface area contributed by atoms with Crippen LogP contribution in [0.4, 0.5) is 0 Å². The van der Waals surface area contributed by atoms with Gasteiger partial charge in [0.1, 0.15) is 0 Å². The lowest BCUT2D eigenvalue weighted by atomic mass is 9.99. The SMILES string of the molecule is NC(=O)c1cc2c(s1)CCCC2.[HH]. The molecule has 0 aromatic carbocycles. The summed E-state index contributed by atoms with van der Waals surface area (Å²) in [6.07, 6.45) is 4.76. The highest BCUT2D eigenvalue weighted by molar-refractivity contribution is 7.14. The largest absolute Gasteiger partial charge is 0.365 e. The number of thiophene rings is 1. The Morgan fingerprint density at radius 3 is 2.92 bits per heavy atom. The third-order valence-corrected chi connectivity index (χ3v) is 3.49. The van der Waals surface area contributed by atoms with Crippen LogP contribution >= 0.6 is 11.3 Å². The van der Waals surface area contributed by atoms with Crippen molar-refractivity contribution in [1.82, 2.24) is 0 Å². The summed E-state index contributed by atoms with van der Waals surface area (Å²) in [6.45, 7) is 0. The third kappa shape index (κ3) is 1.25. The van der Waals surface area contributed by atoms with Crippen LogP contribution in [-0.4, -0.2) is 5.91 Å². The number of fused-ring (bicyclic) bond motifs is 1. The number of carbonyl (C=O) groups is 1. The third-order valence-electron chi connectivity index (χ3n) is 2.24. The highest BCUT2D eigenvalue weighted by Crippen LogP contribution is 2.29. The second-order valence-electron chi connectivity index (χ2n) is 3.13. The molecular formula is C9H13NOS. The Hall–Kier alpha value is -0.830. The van der Waals surface area contributed by atoms with Crippen LogP contribution < -0.4 is 5.73 Å². The van der Waals surface area contributed by atoms with Crippen LogP contribution in [0.25, 0.3) is 0 Å². The summed E-state index contributed by atoms with van der Waals surface area (Å²) in [5.74, 6) is -0.283. The fourth-order valence-electron chi connectivity index (χ4n) is 1.61.